The number of fused-ring (bicyclic) bond motifs is 2. The van der Waals surface area contributed by atoms with Crippen LogP contribution in [0.5, 0.6) is 0 Å². The molecule has 0 spiro atoms. The van der Waals surface area contributed by atoms with Crippen molar-refractivity contribution in [1.82, 2.24) is 34.4 Å². The first-order chi connectivity index (χ1) is 12.7. The minimum absolute atomic E-state index is 0.0769. The topological polar surface area (TPSA) is 117 Å². The molecule has 2 N–H and O–H groups in total. The quantitative estimate of drug-likeness (QED) is 0.555. The lowest BCUT2D eigenvalue weighted by Gasteiger charge is -2.09. The molecule has 0 aliphatic carbocycles. The number of hydrogen-bond acceptors (Lipinski definition) is 6. The number of pyridine rings is 1. The molecule has 4 aromatic rings. The van der Waals surface area contributed by atoms with Gasteiger partial charge in [-0.15, -0.1) is 0 Å². The van der Waals surface area contributed by atoms with Gasteiger partial charge in [-0.05, 0) is 25.1 Å². The monoisotopic (exact) mass is 346 g/mol. The van der Waals surface area contributed by atoms with Crippen LogP contribution in [0.2, 0.25) is 0 Å². The van der Waals surface area contributed by atoms with Gasteiger partial charge < -0.3 is 10.3 Å². The first-order valence-electron chi connectivity index (χ1n) is 8.30. The number of aromatic nitrogens is 6. The summed E-state index contributed by atoms with van der Waals surface area (Å²) < 4.78 is 3.38. The van der Waals surface area contributed by atoms with Crippen molar-refractivity contribution in [3.05, 3.63) is 46.8 Å². The third-order valence-electron chi connectivity index (χ3n) is 4.75. The molecule has 1 atom stereocenters. The van der Waals surface area contributed by atoms with Crippen molar-refractivity contribution in [2.75, 3.05) is 13.1 Å². The SMILES string of the molecule is N#Cc1ccn2ncc(-c3ncc4[nH]c(=O)n([C@@H]5CCNC5)c4n3)c2c1. The lowest BCUT2D eigenvalue weighted by atomic mass is 10.2. The Morgan fingerprint density at radius 3 is 3.08 bits per heavy atom. The lowest BCUT2D eigenvalue weighted by Crippen LogP contribution is -2.24. The van der Waals surface area contributed by atoms with Crippen molar-refractivity contribution in [2.45, 2.75) is 12.5 Å². The van der Waals surface area contributed by atoms with E-state index in [0.717, 1.165) is 25.0 Å². The smallest absolute Gasteiger partial charge is 0.315 e. The number of nitrogens with one attached hydrogen (secondary N) is 2. The number of rotatable bonds is 2. The molecule has 0 radical (unpaired) electrons. The molecule has 26 heavy (non-hydrogen) atoms. The zero-order valence-corrected chi connectivity index (χ0v) is 13.7. The molecule has 0 saturated carbocycles. The Hall–Kier alpha value is -3.51. The maximum absolute atomic E-state index is 12.4. The van der Waals surface area contributed by atoms with Crippen molar-refractivity contribution in [3.63, 3.8) is 0 Å². The first kappa shape index (κ1) is 14.8. The van der Waals surface area contributed by atoms with Crippen LogP contribution < -0.4 is 11.0 Å². The predicted molar refractivity (Wildman–Crippen MR) is 93.6 cm³/mol. The molecule has 0 bridgehead atoms. The Morgan fingerprint density at radius 2 is 2.27 bits per heavy atom. The van der Waals surface area contributed by atoms with E-state index >= 15 is 0 Å². The van der Waals surface area contributed by atoms with Gasteiger partial charge >= 0.3 is 5.69 Å². The second kappa shape index (κ2) is 5.50. The molecule has 0 amide bonds. The minimum Gasteiger partial charge on any atom is -0.315 e. The van der Waals surface area contributed by atoms with Crippen molar-refractivity contribution in [2.24, 2.45) is 0 Å². The highest BCUT2D eigenvalue weighted by molar-refractivity contribution is 5.80. The summed E-state index contributed by atoms with van der Waals surface area (Å²) in [6, 6.07) is 5.65. The highest BCUT2D eigenvalue weighted by atomic mass is 16.1. The van der Waals surface area contributed by atoms with E-state index in [2.05, 4.69) is 31.4 Å². The van der Waals surface area contributed by atoms with Crippen LogP contribution in [0.3, 0.4) is 0 Å². The van der Waals surface area contributed by atoms with Crippen molar-refractivity contribution >= 4 is 16.7 Å². The number of H-pyrrole nitrogens is 1. The van der Waals surface area contributed by atoms with E-state index in [1.807, 2.05) is 0 Å². The molecule has 0 unspecified atom stereocenters. The second-order valence-electron chi connectivity index (χ2n) is 6.29. The summed E-state index contributed by atoms with van der Waals surface area (Å²) in [7, 11) is 0. The molecule has 1 aliphatic rings. The van der Waals surface area contributed by atoms with Crippen LogP contribution in [0.1, 0.15) is 18.0 Å². The van der Waals surface area contributed by atoms with Gasteiger partial charge in [0, 0.05) is 12.7 Å². The van der Waals surface area contributed by atoms with E-state index in [1.54, 1.807) is 39.8 Å². The Kier molecular flexibility index (Phi) is 3.13. The summed E-state index contributed by atoms with van der Waals surface area (Å²) in [5.74, 6) is 0.473. The van der Waals surface area contributed by atoms with Crippen molar-refractivity contribution in [1.29, 1.82) is 5.26 Å². The molecule has 1 aliphatic heterocycles. The van der Waals surface area contributed by atoms with Crippen molar-refractivity contribution < 1.29 is 0 Å². The molecule has 9 heteroatoms. The Balaban J connectivity index is 1.72. The van der Waals surface area contributed by atoms with Crippen LogP contribution in [-0.2, 0) is 0 Å². The molecular weight excluding hydrogens is 332 g/mol. The average Bonchev–Trinajstić information content (AvgIpc) is 3.37. The summed E-state index contributed by atoms with van der Waals surface area (Å²) in [5.41, 5.74) is 3.02. The Bertz CT molecular complexity index is 1240. The van der Waals surface area contributed by atoms with E-state index in [1.165, 1.54) is 0 Å². The standard InChI is InChI=1S/C17H14N8O/c18-6-10-2-4-24-14(5-10)12(8-21-24)15-20-9-13-16(23-15)25(17(26)22-13)11-1-3-19-7-11/h2,4-5,8-9,11,19H,1,3,7H2,(H,22,26)/t11-/m1/s1. The van der Waals surface area contributed by atoms with Crippen LogP contribution in [0.15, 0.2) is 35.5 Å². The van der Waals surface area contributed by atoms with Crippen LogP contribution in [0.4, 0.5) is 0 Å². The third kappa shape index (κ3) is 2.13. The van der Waals surface area contributed by atoms with E-state index in [9.17, 15) is 4.79 Å². The number of nitrogens with zero attached hydrogens (tertiary/aromatic N) is 6. The summed E-state index contributed by atoms with van der Waals surface area (Å²) >= 11 is 0. The zero-order valence-electron chi connectivity index (χ0n) is 13.7. The second-order valence-corrected chi connectivity index (χ2v) is 6.29. The highest BCUT2D eigenvalue weighted by Gasteiger charge is 2.22. The summed E-state index contributed by atoms with van der Waals surface area (Å²) in [4.78, 5) is 24.2. The van der Waals surface area contributed by atoms with Crippen molar-refractivity contribution in [3.8, 4) is 17.5 Å². The highest BCUT2D eigenvalue weighted by Crippen LogP contribution is 2.24. The van der Waals surface area contributed by atoms with Gasteiger partial charge in [-0.25, -0.2) is 19.3 Å². The van der Waals surface area contributed by atoms with Crippen LogP contribution >= 0.6 is 0 Å². The largest absolute Gasteiger partial charge is 0.328 e. The maximum Gasteiger partial charge on any atom is 0.328 e. The van der Waals surface area contributed by atoms with Gasteiger partial charge in [0.2, 0.25) is 0 Å². The summed E-state index contributed by atoms with van der Waals surface area (Å²) in [5, 5.41) is 16.7. The fourth-order valence-electron chi connectivity index (χ4n) is 3.47. The fraction of sp³-hybridized carbons (Fsp3) is 0.235. The van der Waals surface area contributed by atoms with Gasteiger partial charge in [0.25, 0.3) is 0 Å². The summed E-state index contributed by atoms with van der Waals surface area (Å²) in [6.07, 6.45) is 5.90. The van der Waals surface area contributed by atoms with Crippen LogP contribution in [-0.4, -0.2) is 42.2 Å². The van der Waals surface area contributed by atoms with E-state index in [-0.39, 0.29) is 11.7 Å². The van der Waals surface area contributed by atoms with Gasteiger partial charge in [0.15, 0.2) is 11.5 Å². The molecule has 1 fully saturated rings. The molecule has 0 aromatic carbocycles. The number of imidazole rings is 1. The van der Waals surface area contributed by atoms with E-state index in [0.29, 0.717) is 28.1 Å². The molecule has 1 saturated heterocycles. The fourth-order valence-corrected chi connectivity index (χ4v) is 3.47. The van der Waals surface area contributed by atoms with Gasteiger partial charge in [-0.2, -0.15) is 10.4 Å². The van der Waals surface area contributed by atoms with Gasteiger partial charge in [-0.1, -0.05) is 0 Å². The zero-order chi connectivity index (χ0) is 17.7. The molecule has 4 aromatic heterocycles. The maximum atomic E-state index is 12.4. The van der Waals surface area contributed by atoms with Crippen LogP contribution in [0, 0.1) is 11.3 Å². The lowest BCUT2D eigenvalue weighted by molar-refractivity contribution is 0.542. The average molecular weight is 346 g/mol. The molecule has 9 nitrogen and oxygen atoms in total. The first-order valence-corrected chi connectivity index (χ1v) is 8.30. The number of hydrogen-bond donors (Lipinski definition) is 2. The number of aromatic amines is 1. The molecule has 128 valence electrons. The summed E-state index contributed by atoms with van der Waals surface area (Å²) in [6.45, 7) is 1.63. The minimum atomic E-state index is -0.174. The van der Waals surface area contributed by atoms with E-state index in [4.69, 9.17) is 5.26 Å². The molecule has 5 rings (SSSR count). The molecule has 5 heterocycles. The Labute approximate surface area is 146 Å². The van der Waals surface area contributed by atoms with Gasteiger partial charge in [0.1, 0.15) is 5.52 Å². The van der Waals surface area contributed by atoms with Gasteiger partial charge in [-0.3, -0.25) is 4.57 Å². The van der Waals surface area contributed by atoms with Crippen LogP contribution in [0.25, 0.3) is 28.1 Å². The third-order valence-corrected chi connectivity index (χ3v) is 4.75. The molecular formula is C17H14N8O. The Morgan fingerprint density at radius 1 is 1.35 bits per heavy atom. The normalized spacial score (nSPS) is 17.1. The van der Waals surface area contributed by atoms with Gasteiger partial charge in [0.05, 0.1) is 41.1 Å². The van der Waals surface area contributed by atoms with E-state index < -0.39 is 0 Å². The predicted octanol–water partition coefficient (Wildman–Crippen LogP) is 0.840. The number of nitriles is 1.